The second kappa shape index (κ2) is 2.25. The van der Waals surface area contributed by atoms with Crippen molar-refractivity contribution in [2.75, 3.05) is 0 Å². The maximum atomic E-state index is 12.5. The van der Waals surface area contributed by atoms with Gasteiger partial charge in [-0.05, 0) is 19.3 Å². The highest BCUT2D eigenvalue weighted by Crippen LogP contribution is 2.14. The minimum atomic E-state index is -1.16. The number of hydrogen-bond donors (Lipinski definition) is 2. The Morgan fingerprint density at radius 1 is 1.44 bits per heavy atom. The first-order valence-corrected chi connectivity index (χ1v) is 3.02. The lowest BCUT2D eigenvalue weighted by Gasteiger charge is -2.15. The van der Waals surface area contributed by atoms with Crippen LogP contribution in [0.4, 0.5) is 4.39 Å². The maximum Gasteiger partial charge on any atom is 0.143 e. The van der Waals surface area contributed by atoms with Gasteiger partial charge in [0.1, 0.15) is 6.17 Å². The molecule has 0 saturated heterocycles. The summed E-state index contributed by atoms with van der Waals surface area (Å²) in [5, 5.41) is 14.1. The van der Waals surface area contributed by atoms with Crippen LogP contribution in [0.1, 0.15) is 19.3 Å². The molecular formula is C6H9FN2. The molecule has 9 heavy (non-hydrogen) atoms. The van der Waals surface area contributed by atoms with E-state index < -0.39 is 6.17 Å². The van der Waals surface area contributed by atoms with Crippen LogP contribution in [-0.4, -0.2) is 17.6 Å². The zero-order chi connectivity index (χ0) is 6.85. The summed E-state index contributed by atoms with van der Waals surface area (Å²) < 4.78 is 12.5. The first-order chi connectivity index (χ1) is 4.22. The smallest absolute Gasteiger partial charge is 0.143 e. The van der Waals surface area contributed by atoms with Crippen molar-refractivity contribution in [3.63, 3.8) is 0 Å². The molecule has 1 saturated carbocycles. The van der Waals surface area contributed by atoms with Crippen LogP contribution in [0.25, 0.3) is 0 Å². The van der Waals surface area contributed by atoms with Crippen LogP contribution in [-0.2, 0) is 0 Å². The standard InChI is InChI=1S/C6H9FN2/c7-4-2-1-3-5(8)6(4)9/h4,8-9H,1-3H2. The Morgan fingerprint density at radius 2 is 2.11 bits per heavy atom. The molecule has 0 spiro atoms. The van der Waals surface area contributed by atoms with Gasteiger partial charge in [-0.15, -0.1) is 0 Å². The average Bonchev–Trinajstić information content (AvgIpc) is 1.83. The van der Waals surface area contributed by atoms with Gasteiger partial charge in [-0.3, -0.25) is 0 Å². The summed E-state index contributed by atoms with van der Waals surface area (Å²) in [4.78, 5) is 0. The van der Waals surface area contributed by atoms with Crippen LogP contribution in [0.3, 0.4) is 0 Å². The minimum absolute atomic E-state index is 0.110. The molecule has 1 rings (SSSR count). The third kappa shape index (κ3) is 1.15. The van der Waals surface area contributed by atoms with Crippen LogP contribution in [0.15, 0.2) is 0 Å². The quantitative estimate of drug-likeness (QED) is 0.497. The Hall–Kier alpha value is -0.730. The summed E-state index contributed by atoms with van der Waals surface area (Å²) in [7, 11) is 0. The largest absolute Gasteiger partial charge is 0.303 e. The molecule has 0 amide bonds. The minimum Gasteiger partial charge on any atom is -0.303 e. The van der Waals surface area contributed by atoms with E-state index in [1.807, 2.05) is 0 Å². The summed E-state index contributed by atoms with van der Waals surface area (Å²) in [5.41, 5.74) is 0.0648. The van der Waals surface area contributed by atoms with Gasteiger partial charge in [0.25, 0.3) is 0 Å². The summed E-state index contributed by atoms with van der Waals surface area (Å²) in [6, 6.07) is 0. The molecule has 0 aliphatic heterocycles. The Balaban J connectivity index is 2.62. The van der Waals surface area contributed by atoms with Crippen molar-refractivity contribution in [1.82, 2.24) is 0 Å². The zero-order valence-electron chi connectivity index (χ0n) is 5.08. The van der Waals surface area contributed by atoms with Crippen LogP contribution >= 0.6 is 0 Å². The predicted octanol–water partition coefficient (Wildman–Crippen LogP) is 1.55. The van der Waals surface area contributed by atoms with E-state index >= 15 is 0 Å². The van der Waals surface area contributed by atoms with E-state index in [0.29, 0.717) is 12.8 Å². The summed E-state index contributed by atoms with van der Waals surface area (Å²) in [5.74, 6) is 0. The maximum absolute atomic E-state index is 12.5. The lowest BCUT2D eigenvalue weighted by Crippen LogP contribution is -2.28. The highest BCUT2D eigenvalue weighted by Gasteiger charge is 2.21. The van der Waals surface area contributed by atoms with Crippen molar-refractivity contribution in [2.24, 2.45) is 0 Å². The molecule has 2 nitrogen and oxygen atoms in total. The molecule has 1 fully saturated rings. The summed E-state index contributed by atoms with van der Waals surface area (Å²) >= 11 is 0. The predicted molar refractivity (Wildman–Crippen MR) is 34.2 cm³/mol. The highest BCUT2D eigenvalue weighted by molar-refractivity contribution is 6.42. The zero-order valence-corrected chi connectivity index (χ0v) is 5.08. The molecular weight excluding hydrogens is 119 g/mol. The Bertz CT molecular complexity index is 153. The Morgan fingerprint density at radius 3 is 2.56 bits per heavy atom. The van der Waals surface area contributed by atoms with E-state index in [-0.39, 0.29) is 11.4 Å². The van der Waals surface area contributed by atoms with Gasteiger partial charge in [-0.2, -0.15) is 0 Å². The van der Waals surface area contributed by atoms with Crippen LogP contribution in [0, 0.1) is 10.8 Å². The number of hydrogen-bond acceptors (Lipinski definition) is 2. The van der Waals surface area contributed by atoms with Crippen LogP contribution in [0.2, 0.25) is 0 Å². The van der Waals surface area contributed by atoms with Crippen molar-refractivity contribution < 1.29 is 4.39 Å². The molecule has 1 aliphatic rings. The average molecular weight is 128 g/mol. The SMILES string of the molecule is N=C1CCCC(F)C1=N. The molecule has 0 aromatic heterocycles. The van der Waals surface area contributed by atoms with Gasteiger partial charge < -0.3 is 10.8 Å². The molecule has 2 N–H and O–H groups in total. The van der Waals surface area contributed by atoms with E-state index in [0.717, 1.165) is 6.42 Å². The third-order valence-corrected chi connectivity index (χ3v) is 1.52. The van der Waals surface area contributed by atoms with Gasteiger partial charge in [-0.25, -0.2) is 4.39 Å². The third-order valence-electron chi connectivity index (χ3n) is 1.52. The molecule has 1 atom stereocenters. The second-order valence-corrected chi connectivity index (χ2v) is 2.25. The van der Waals surface area contributed by atoms with Gasteiger partial charge in [-0.1, -0.05) is 0 Å². The Kier molecular flexibility index (Phi) is 1.60. The van der Waals surface area contributed by atoms with Gasteiger partial charge in [0.05, 0.1) is 11.4 Å². The molecule has 50 valence electrons. The van der Waals surface area contributed by atoms with E-state index in [2.05, 4.69) is 0 Å². The fourth-order valence-electron chi connectivity index (χ4n) is 0.926. The molecule has 1 aliphatic carbocycles. The summed E-state index contributed by atoms with van der Waals surface area (Å²) in [6.07, 6.45) is 0.578. The van der Waals surface area contributed by atoms with Gasteiger partial charge in [0.15, 0.2) is 0 Å². The van der Waals surface area contributed by atoms with Crippen molar-refractivity contribution >= 4 is 11.4 Å². The topological polar surface area (TPSA) is 47.7 Å². The van der Waals surface area contributed by atoms with E-state index in [1.54, 1.807) is 0 Å². The normalized spacial score (nSPS) is 28.8. The van der Waals surface area contributed by atoms with E-state index in [1.165, 1.54) is 0 Å². The molecule has 1 unspecified atom stereocenters. The molecule has 0 radical (unpaired) electrons. The highest BCUT2D eigenvalue weighted by atomic mass is 19.1. The van der Waals surface area contributed by atoms with E-state index in [9.17, 15) is 4.39 Å². The van der Waals surface area contributed by atoms with Gasteiger partial charge >= 0.3 is 0 Å². The second-order valence-electron chi connectivity index (χ2n) is 2.25. The fourth-order valence-corrected chi connectivity index (χ4v) is 0.926. The van der Waals surface area contributed by atoms with Crippen molar-refractivity contribution in [2.45, 2.75) is 25.4 Å². The molecule has 0 aromatic carbocycles. The molecule has 0 aromatic rings. The lowest BCUT2D eigenvalue weighted by atomic mass is 9.95. The number of nitrogens with one attached hydrogen (secondary N) is 2. The van der Waals surface area contributed by atoms with Crippen LogP contribution in [0.5, 0.6) is 0 Å². The van der Waals surface area contributed by atoms with Gasteiger partial charge in [0, 0.05) is 0 Å². The fraction of sp³-hybridized carbons (Fsp3) is 0.667. The molecule has 0 bridgehead atoms. The number of rotatable bonds is 0. The first kappa shape index (κ1) is 6.39. The van der Waals surface area contributed by atoms with E-state index in [4.69, 9.17) is 10.8 Å². The van der Waals surface area contributed by atoms with Crippen molar-refractivity contribution in [3.8, 4) is 0 Å². The van der Waals surface area contributed by atoms with Crippen molar-refractivity contribution in [3.05, 3.63) is 0 Å². The Labute approximate surface area is 53.1 Å². The van der Waals surface area contributed by atoms with Crippen molar-refractivity contribution in [1.29, 1.82) is 10.8 Å². The monoisotopic (exact) mass is 128 g/mol. The van der Waals surface area contributed by atoms with Gasteiger partial charge in [0.2, 0.25) is 0 Å². The number of alkyl halides is 1. The number of halogens is 1. The lowest BCUT2D eigenvalue weighted by molar-refractivity contribution is 0.389. The molecule has 0 heterocycles. The van der Waals surface area contributed by atoms with Crippen LogP contribution < -0.4 is 0 Å². The summed E-state index contributed by atoms with van der Waals surface area (Å²) in [6.45, 7) is 0. The molecule has 3 heteroatoms. The first-order valence-electron chi connectivity index (χ1n) is 3.02.